The van der Waals surface area contributed by atoms with Crippen molar-refractivity contribution in [3.8, 4) is 11.5 Å². The Hall–Kier alpha value is -6.03. The second kappa shape index (κ2) is 13.1. The summed E-state index contributed by atoms with van der Waals surface area (Å²) in [4.78, 5) is 42.4. The first kappa shape index (κ1) is 33.8. The molecule has 0 unspecified atom stereocenters. The lowest BCUT2D eigenvalue weighted by atomic mass is 10.0. The first-order valence-corrected chi connectivity index (χ1v) is 17.6. The van der Waals surface area contributed by atoms with E-state index in [0.29, 0.717) is 12.1 Å². The number of carbonyl (C=O) groups excluding carboxylic acids is 2. The van der Waals surface area contributed by atoms with Gasteiger partial charge in [-0.2, -0.15) is 0 Å². The number of esters is 1. The maximum Gasteiger partial charge on any atom is 0.414 e. The van der Waals surface area contributed by atoms with Crippen molar-refractivity contribution in [2.24, 2.45) is 0 Å². The first-order valence-electron chi connectivity index (χ1n) is 17.6. The van der Waals surface area contributed by atoms with Gasteiger partial charge in [0.1, 0.15) is 42.8 Å². The van der Waals surface area contributed by atoms with Crippen LogP contribution in [0.4, 0.5) is 25.0 Å². The highest BCUT2D eigenvalue weighted by Gasteiger charge is 2.48. The molecule has 5 heterocycles. The molecule has 278 valence electrons. The van der Waals surface area contributed by atoms with Crippen molar-refractivity contribution >= 4 is 34.3 Å². The van der Waals surface area contributed by atoms with Crippen molar-refractivity contribution in [1.82, 2.24) is 19.6 Å². The molecule has 2 aromatic heterocycles. The lowest BCUT2D eigenvalue weighted by Gasteiger charge is -2.34. The third kappa shape index (κ3) is 6.15. The zero-order valence-electron chi connectivity index (χ0n) is 28.8. The van der Waals surface area contributed by atoms with Crippen molar-refractivity contribution < 1.29 is 42.4 Å². The van der Waals surface area contributed by atoms with E-state index in [1.807, 2.05) is 18.2 Å². The lowest BCUT2D eigenvalue weighted by molar-refractivity contribution is 0.00980. The van der Waals surface area contributed by atoms with Gasteiger partial charge in [0.25, 0.3) is 0 Å². The Morgan fingerprint density at radius 3 is 2.65 bits per heavy atom. The predicted octanol–water partition coefficient (Wildman–Crippen LogP) is 4.37. The minimum absolute atomic E-state index is 0.00426. The number of aromatic nitrogens is 4. The van der Waals surface area contributed by atoms with E-state index in [1.54, 1.807) is 27.8 Å². The Balaban J connectivity index is 0.926. The van der Waals surface area contributed by atoms with E-state index >= 15 is 8.78 Å². The van der Waals surface area contributed by atoms with Gasteiger partial charge in [0.2, 0.25) is 5.43 Å². The van der Waals surface area contributed by atoms with Crippen molar-refractivity contribution in [2.75, 3.05) is 36.1 Å². The molecule has 0 spiro atoms. The van der Waals surface area contributed by atoms with Gasteiger partial charge in [-0.05, 0) is 36.6 Å². The number of cyclic esters (lactones) is 1. The number of fused-ring (bicyclic) bond motifs is 5. The van der Waals surface area contributed by atoms with E-state index in [4.69, 9.17) is 18.9 Å². The van der Waals surface area contributed by atoms with Crippen LogP contribution in [0, 0.1) is 11.6 Å². The molecule has 4 aliphatic rings. The number of pyridine rings is 1. The summed E-state index contributed by atoms with van der Waals surface area (Å²) in [5.41, 5.74) is -0.871. The molecule has 14 nitrogen and oxygen atoms in total. The number of carbonyl (C=O) groups is 2. The number of nitrogens with zero attached hydrogens (tertiary/aromatic N) is 6. The number of halogens is 2. The fraction of sp³-hybridized carbons (Fsp3) is 0.342. The average Bonchev–Trinajstić information content (AvgIpc) is 3.58. The molecule has 2 saturated heterocycles. The molecule has 1 N–H and O–H groups in total. The second-order valence-corrected chi connectivity index (χ2v) is 14.2. The smallest absolute Gasteiger partial charge is 0.414 e. The van der Waals surface area contributed by atoms with Crippen molar-refractivity contribution in [3.63, 3.8) is 0 Å². The van der Waals surface area contributed by atoms with Gasteiger partial charge in [0.05, 0.1) is 48.5 Å². The molecule has 16 heteroatoms. The third-order valence-electron chi connectivity index (χ3n) is 10.3. The zero-order chi connectivity index (χ0) is 37.1. The van der Waals surface area contributed by atoms with Crippen molar-refractivity contribution in [3.05, 3.63) is 106 Å². The zero-order valence-corrected chi connectivity index (χ0v) is 28.8. The molecule has 1 saturated carbocycles. The summed E-state index contributed by atoms with van der Waals surface area (Å²) in [5, 5.41) is 19.3. The normalized spacial score (nSPS) is 21.8. The van der Waals surface area contributed by atoms with Gasteiger partial charge in [-0.15, -0.1) is 5.10 Å². The topological polar surface area (TPSA) is 150 Å². The number of ether oxygens (including phenoxy) is 4. The van der Waals surface area contributed by atoms with Gasteiger partial charge in [-0.25, -0.2) is 23.1 Å². The standard InChI is InChI=1S/C38H34F2N6O8/c39-29-12-24(45-16-26(54-37(45)49)15-43-11-10-41-42-43)8-9-31(29)53-21-38(50)14-25-19-51-35-32-27(13-30(40)33(35)46(25)20-38)34(47)28(17-44(32)23-6-7-23)36(48)52-18-22-4-2-1-3-5-22/h1-5,8-13,17,23,25-26,50H,6-7,14-16,18-21H2/t25-,26+,38-/m1/s1. The number of anilines is 2. The summed E-state index contributed by atoms with van der Waals surface area (Å²) >= 11 is 0. The number of amides is 1. The predicted molar refractivity (Wildman–Crippen MR) is 188 cm³/mol. The molecule has 0 bridgehead atoms. The van der Waals surface area contributed by atoms with Gasteiger partial charge in [-0.1, -0.05) is 35.5 Å². The summed E-state index contributed by atoms with van der Waals surface area (Å²) in [7, 11) is 0. The Kier molecular flexibility index (Phi) is 8.21. The van der Waals surface area contributed by atoms with Gasteiger partial charge in [-0.3, -0.25) is 9.69 Å². The van der Waals surface area contributed by atoms with Gasteiger partial charge < -0.3 is 33.5 Å². The molecule has 1 aliphatic carbocycles. The largest absolute Gasteiger partial charge is 0.487 e. The SMILES string of the molecule is O=C(OCc1ccccc1)c1cn(C2CC2)c2c3c(c(F)cc2c1=O)N1C[C@@](O)(COc2ccc(N4C[C@H](Cn5ccnn5)OC4=O)cc2F)C[C@@H]1CO3. The highest BCUT2D eigenvalue weighted by Crippen LogP contribution is 2.48. The maximum atomic E-state index is 16.1. The van der Waals surface area contributed by atoms with E-state index in [2.05, 4.69) is 10.3 Å². The summed E-state index contributed by atoms with van der Waals surface area (Å²) in [6.07, 6.45) is 5.25. The fourth-order valence-electron chi connectivity index (χ4n) is 7.54. The van der Waals surface area contributed by atoms with Crippen LogP contribution in [0.5, 0.6) is 11.5 Å². The van der Waals surface area contributed by atoms with E-state index < -0.39 is 46.9 Å². The number of hydrogen-bond acceptors (Lipinski definition) is 11. The monoisotopic (exact) mass is 740 g/mol. The van der Waals surface area contributed by atoms with Crippen LogP contribution in [0.2, 0.25) is 0 Å². The van der Waals surface area contributed by atoms with Crippen LogP contribution in [0.1, 0.15) is 41.2 Å². The maximum absolute atomic E-state index is 16.1. The number of aliphatic hydroxyl groups is 1. The molecular formula is C38H34F2N6O8. The van der Waals surface area contributed by atoms with Crippen LogP contribution >= 0.6 is 0 Å². The lowest BCUT2D eigenvalue weighted by Crippen LogP contribution is -2.41. The van der Waals surface area contributed by atoms with Crippen LogP contribution < -0.4 is 24.7 Å². The Bertz CT molecular complexity index is 2340. The molecule has 3 aliphatic heterocycles. The van der Waals surface area contributed by atoms with E-state index in [9.17, 15) is 19.5 Å². The van der Waals surface area contributed by atoms with Crippen LogP contribution in [-0.4, -0.2) is 80.8 Å². The highest BCUT2D eigenvalue weighted by molar-refractivity contribution is 5.98. The summed E-state index contributed by atoms with van der Waals surface area (Å²) in [5.74, 6) is -2.27. The van der Waals surface area contributed by atoms with Crippen LogP contribution in [0.25, 0.3) is 10.9 Å². The number of benzene rings is 3. The molecule has 0 radical (unpaired) electrons. The molecule has 3 fully saturated rings. The van der Waals surface area contributed by atoms with Gasteiger partial charge in [0, 0.05) is 30.9 Å². The van der Waals surface area contributed by atoms with E-state index in [0.717, 1.165) is 30.5 Å². The summed E-state index contributed by atoms with van der Waals surface area (Å²) < 4.78 is 57.6. The van der Waals surface area contributed by atoms with Crippen molar-refractivity contribution in [1.29, 1.82) is 0 Å². The van der Waals surface area contributed by atoms with E-state index in [-0.39, 0.29) is 79.2 Å². The van der Waals surface area contributed by atoms with E-state index in [1.165, 1.54) is 34.1 Å². The van der Waals surface area contributed by atoms with Crippen LogP contribution in [-0.2, 0) is 22.6 Å². The molecule has 3 atom stereocenters. The molecule has 3 aromatic carbocycles. The number of rotatable bonds is 10. The first-order chi connectivity index (χ1) is 26.1. The number of hydrogen-bond donors (Lipinski definition) is 1. The Morgan fingerprint density at radius 2 is 1.89 bits per heavy atom. The highest BCUT2D eigenvalue weighted by atomic mass is 19.1. The second-order valence-electron chi connectivity index (χ2n) is 14.2. The Morgan fingerprint density at radius 1 is 1.06 bits per heavy atom. The minimum Gasteiger partial charge on any atom is -0.487 e. The molecule has 9 rings (SSSR count). The van der Waals surface area contributed by atoms with Crippen LogP contribution in [0.3, 0.4) is 0 Å². The molecule has 5 aromatic rings. The summed E-state index contributed by atoms with van der Waals surface area (Å²) in [6, 6.07) is 13.8. The van der Waals surface area contributed by atoms with Gasteiger partial charge in [0.15, 0.2) is 23.1 Å². The van der Waals surface area contributed by atoms with Gasteiger partial charge >= 0.3 is 12.1 Å². The average molecular weight is 741 g/mol. The molecular weight excluding hydrogens is 706 g/mol. The quantitative estimate of drug-likeness (QED) is 0.204. The molecule has 54 heavy (non-hydrogen) atoms. The van der Waals surface area contributed by atoms with Crippen LogP contribution in [0.15, 0.2) is 78.0 Å². The summed E-state index contributed by atoms with van der Waals surface area (Å²) in [6.45, 7) is 0.175. The molecule has 1 amide bonds. The fourth-order valence-corrected chi connectivity index (χ4v) is 7.54. The van der Waals surface area contributed by atoms with Crippen molar-refractivity contribution in [2.45, 2.75) is 56.2 Å². The third-order valence-corrected chi connectivity index (χ3v) is 10.3. The Labute approximate surface area is 306 Å². The minimum atomic E-state index is -1.52.